The van der Waals surface area contributed by atoms with Gasteiger partial charge in [0.15, 0.2) is 0 Å². The van der Waals surface area contributed by atoms with Crippen LogP contribution in [0.25, 0.3) is 0 Å². The van der Waals surface area contributed by atoms with Crippen LogP contribution >= 0.6 is 27.5 Å². The van der Waals surface area contributed by atoms with Crippen LogP contribution in [-0.2, 0) is 10.0 Å². The van der Waals surface area contributed by atoms with E-state index in [0.29, 0.717) is 5.69 Å². The lowest BCUT2D eigenvalue weighted by Crippen LogP contribution is -2.13. The lowest BCUT2D eigenvalue weighted by atomic mass is 10.2. The molecule has 0 saturated heterocycles. The van der Waals surface area contributed by atoms with Gasteiger partial charge in [-0.05, 0) is 42.3 Å². The summed E-state index contributed by atoms with van der Waals surface area (Å²) in [4.78, 5) is 7.25. The van der Waals surface area contributed by atoms with Crippen molar-refractivity contribution in [1.29, 1.82) is 0 Å². The first-order valence-electron chi connectivity index (χ1n) is 5.14. The summed E-state index contributed by atoms with van der Waals surface area (Å²) in [5.74, 6) is 0. The quantitative estimate of drug-likeness (QED) is 0.852. The molecule has 0 fully saturated rings. The number of benzene rings is 1. The van der Waals surface area contributed by atoms with Crippen molar-refractivity contribution < 1.29 is 8.42 Å². The van der Waals surface area contributed by atoms with Crippen LogP contribution in [0.15, 0.2) is 40.0 Å². The molecule has 1 aromatic carbocycles. The molecule has 0 bridgehead atoms. The summed E-state index contributed by atoms with van der Waals surface area (Å²) in [6.45, 7) is 1.87. The summed E-state index contributed by atoms with van der Waals surface area (Å²) in [6, 6.07) is 5.27. The van der Waals surface area contributed by atoms with Crippen molar-refractivity contribution >= 4 is 43.2 Å². The molecule has 0 spiro atoms. The molecule has 100 valence electrons. The Bertz CT molecular complexity index is 684. The van der Waals surface area contributed by atoms with Crippen LogP contribution in [0.4, 0.5) is 5.69 Å². The first kappa shape index (κ1) is 14.2. The summed E-state index contributed by atoms with van der Waals surface area (Å²) < 4.78 is 27.4. The molecule has 0 atom stereocenters. The zero-order valence-electron chi connectivity index (χ0n) is 9.76. The van der Waals surface area contributed by atoms with E-state index >= 15 is 0 Å². The van der Waals surface area contributed by atoms with E-state index in [1.807, 2.05) is 13.0 Å². The highest BCUT2D eigenvalue weighted by Gasteiger charge is 2.15. The number of nitrogens with one attached hydrogen (secondary N) is 1. The third-order valence-corrected chi connectivity index (χ3v) is 4.19. The Morgan fingerprint density at radius 3 is 2.42 bits per heavy atom. The number of rotatable bonds is 3. The molecule has 1 N–H and O–H groups in total. The Balaban J connectivity index is 2.33. The zero-order valence-corrected chi connectivity index (χ0v) is 12.9. The van der Waals surface area contributed by atoms with E-state index in [1.165, 1.54) is 0 Å². The van der Waals surface area contributed by atoms with Gasteiger partial charge in [-0.1, -0.05) is 15.9 Å². The van der Waals surface area contributed by atoms with Crippen molar-refractivity contribution in [3.05, 3.63) is 45.9 Å². The van der Waals surface area contributed by atoms with Gasteiger partial charge in [-0.3, -0.25) is 4.72 Å². The molecular weight excluding hydrogens is 354 g/mol. The second kappa shape index (κ2) is 5.44. The molecule has 0 aliphatic carbocycles. The molecule has 0 saturated carbocycles. The molecule has 0 unspecified atom stereocenters. The third-order valence-electron chi connectivity index (χ3n) is 2.20. The number of hydrogen-bond donors (Lipinski definition) is 1. The number of nitrogens with zero attached hydrogens (tertiary/aromatic N) is 2. The highest BCUT2D eigenvalue weighted by molar-refractivity contribution is 9.10. The molecule has 2 rings (SSSR count). The summed E-state index contributed by atoms with van der Waals surface area (Å²) in [7, 11) is -3.72. The molecule has 1 aromatic heterocycles. The molecule has 8 heteroatoms. The molecule has 0 aliphatic heterocycles. The van der Waals surface area contributed by atoms with Gasteiger partial charge in [-0.2, -0.15) is 0 Å². The molecule has 19 heavy (non-hydrogen) atoms. The van der Waals surface area contributed by atoms with Gasteiger partial charge < -0.3 is 0 Å². The van der Waals surface area contributed by atoms with E-state index in [0.717, 1.165) is 22.4 Å². The van der Waals surface area contributed by atoms with Gasteiger partial charge in [-0.15, -0.1) is 0 Å². The largest absolute Gasteiger partial charge is 0.279 e. The van der Waals surface area contributed by atoms with Gasteiger partial charge in [0.25, 0.3) is 10.0 Å². The van der Waals surface area contributed by atoms with E-state index in [-0.39, 0.29) is 10.2 Å². The van der Waals surface area contributed by atoms with Crippen molar-refractivity contribution in [2.75, 3.05) is 4.72 Å². The van der Waals surface area contributed by atoms with Gasteiger partial charge in [0.1, 0.15) is 4.90 Å². The van der Waals surface area contributed by atoms with Crippen molar-refractivity contribution in [3.8, 4) is 0 Å². The topological polar surface area (TPSA) is 72.0 Å². The maximum absolute atomic E-state index is 12.1. The molecule has 0 amide bonds. The molecule has 2 aromatic rings. The summed E-state index contributed by atoms with van der Waals surface area (Å²) >= 11 is 8.83. The van der Waals surface area contributed by atoms with Gasteiger partial charge in [0, 0.05) is 4.47 Å². The predicted octanol–water partition coefficient (Wildman–Crippen LogP) is 3.00. The first-order chi connectivity index (χ1) is 8.87. The number of aryl methyl sites for hydroxylation is 1. The monoisotopic (exact) mass is 361 g/mol. The Morgan fingerprint density at radius 2 is 1.84 bits per heavy atom. The van der Waals surface area contributed by atoms with Crippen LogP contribution in [0.2, 0.25) is 5.28 Å². The predicted molar refractivity (Wildman–Crippen MR) is 76.7 cm³/mol. The van der Waals surface area contributed by atoms with Crippen LogP contribution in [0, 0.1) is 6.92 Å². The van der Waals surface area contributed by atoms with E-state index in [9.17, 15) is 8.42 Å². The first-order valence-corrected chi connectivity index (χ1v) is 7.80. The van der Waals surface area contributed by atoms with E-state index in [4.69, 9.17) is 11.6 Å². The highest BCUT2D eigenvalue weighted by atomic mass is 79.9. The van der Waals surface area contributed by atoms with Crippen LogP contribution in [0.1, 0.15) is 5.56 Å². The minimum Gasteiger partial charge on any atom is -0.279 e. The van der Waals surface area contributed by atoms with Crippen LogP contribution in [-0.4, -0.2) is 18.4 Å². The maximum Gasteiger partial charge on any atom is 0.264 e. The minimum absolute atomic E-state index is 0.00255. The van der Waals surface area contributed by atoms with Crippen molar-refractivity contribution in [3.63, 3.8) is 0 Å². The van der Waals surface area contributed by atoms with Crippen molar-refractivity contribution in [2.45, 2.75) is 11.8 Å². The van der Waals surface area contributed by atoms with Crippen molar-refractivity contribution in [1.82, 2.24) is 9.97 Å². The van der Waals surface area contributed by atoms with Crippen LogP contribution in [0.5, 0.6) is 0 Å². The van der Waals surface area contributed by atoms with E-state index < -0.39 is 10.0 Å². The summed E-state index contributed by atoms with van der Waals surface area (Å²) in [5, 5.41) is -0.00255. The van der Waals surface area contributed by atoms with Gasteiger partial charge in [-0.25, -0.2) is 18.4 Å². The fourth-order valence-corrected chi connectivity index (χ4v) is 3.08. The fraction of sp³-hybridized carbons (Fsp3) is 0.0909. The Kier molecular flexibility index (Phi) is 4.07. The minimum atomic E-state index is -3.72. The maximum atomic E-state index is 12.1. The Labute approximate surface area is 124 Å². The highest BCUT2D eigenvalue weighted by Crippen LogP contribution is 2.21. The fourth-order valence-electron chi connectivity index (χ4n) is 1.45. The Morgan fingerprint density at radius 1 is 1.21 bits per heavy atom. The Hall–Kier alpha value is -1.18. The second-order valence-corrected chi connectivity index (χ2v) is 6.75. The number of sulfonamides is 1. The molecule has 0 radical (unpaired) electrons. The molecular formula is C11H9BrClN3O2S. The number of anilines is 1. The van der Waals surface area contributed by atoms with Gasteiger partial charge in [0.2, 0.25) is 5.28 Å². The lowest BCUT2D eigenvalue weighted by Gasteiger charge is -2.08. The second-order valence-electron chi connectivity index (χ2n) is 3.81. The normalized spacial score (nSPS) is 11.3. The van der Waals surface area contributed by atoms with Crippen molar-refractivity contribution in [2.24, 2.45) is 0 Å². The molecule has 1 heterocycles. The number of halogens is 2. The summed E-state index contributed by atoms with van der Waals surface area (Å²) in [6.07, 6.45) is 2.31. The standard InChI is InChI=1S/C11H9BrClN3O2S/c1-7-2-8(12)4-9(3-7)16-19(17,18)10-5-14-11(13)15-6-10/h2-6,16H,1H3. The van der Waals surface area contributed by atoms with Crippen LogP contribution < -0.4 is 4.72 Å². The number of aromatic nitrogens is 2. The lowest BCUT2D eigenvalue weighted by molar-refractivity contribution is 0.600. The number of hydrogen-bond acceptors (Lipinski definition) is 4. The average molecular weight is 363 g/mol. The average Bonchev–Trinajstić information content (AvgIpc) is 2.27. The third kappa shape index (κ3) is 3.65. The van der Waals surface area contributed by atoms with E-state index in [1.54, 1.807) is 12.1 Å². The van der Waals surface area contributed by atoms with Gasteiger partial charge in [0.05, 0.1) is 18.1 Å². The smallest absolute Gasteiger partial charge is 0.264 e. The zero-order chi connectivity index (χ0) is 14.0. The van der Waals surface area contributed by atoms with Crippen LogP contribution in [0.3, 0.4) is 0 Å². The SMILES string of the molecule is Cc1cc(Br)cc(NS(=O)(=O)c2cnc(Cl)nc2)c1. The molecule has 5 nitrogen and oxygen atoms in total. The summed E-state index contributed by atoms with van der Waals surface area (Å²) in [5.41, 5.74) is 1.39. The van der Waals surface area contributed by atoms with Gasteiger partial charge >= 0.3 is 0 Å². The molecule has 0 aliphatic rings. The van der Waals surface area contributed by atoms with E-state index in [2.05, 4.69) is 30.6 Å².